The van der Waals surface area contributed by atoms with Crippen LogP contribution >= 0.6 is 11.6 Å². The van der Waals surface area contributed by atoms with Crippen molar-refractivity contribution in [3.63, 3.8) is 0 Å². The van der Waals surface area contributed by atoms with E-state index in [1.807, 2.05) is 6.07 Å². The monoisotopic (exact) mass is 291 g/mol. The molecule has 20 heavy (non-hydrogen) atoms. The number of nitrogen functional groups attached to an aromatic ring is 1. The lowest BCUT2D eigenvalue weighted by Gasteiger charge is -2.08. The molecule has 4 nitrogen and oxygen atoms in total. The Balaban J connectivity index is 1.80. The van der Waals surface area contributed by atoms with Gasteiger partial charge in [-0.3, -0.25) is 0 Å². The molecule has 104 valence electrons. The molecule has 0 aliphatic heterocycles. The largest absolute Gasteiger partial charge is 0.480 e. The summed E-state index contributed by atoms with van der Waals surface area (Å²) in [7, 11) is 0. The summed E-state index contributed by atoms with van der Waals surface area (Å²) in [5.74, 6) is 0.000402. The van der Waals surface area contributed by atoms with Gasteiger partial charge < -0.3 is 15.2 Å². The molecule has 0 bridgehead atoms. The molecule has 2 aromatic carbocycles. The fourth-order valence-corrected chi connectivity index (χ4v) is 1.79. The van der Waals surface area contributed by atoms with Crippen molar-refractivity contribution in [2.75, 3.05) is 12.3 Å². The highest BCUT2D eigenvalue weighted by molar-refractivity contribution is 6.30. The van der Waals surface area contributed by atoms with E-state index in [9.17, 15) is 4.79 Å². The highest BCUT2D eigenvalue weighted by Crippen LogP contribution is 2.19. The predicted molar refractivity (Wildman–Crippen MR) is 77.6 cm³/mol. The molecule has 0 aromatic heterocycles. The lowest BCUT2D eigenvalue weighted by Crippen LogP contribution is -2.15. The Hall–Kier alpha value is -2.20. The Morgan fingerprint density at radius 2 is 1.95 bits per heavy atom. The first kappa shape index (κ1) is 14.2. The summed E-state index contributed by atoms with van der Waals surface area (Å²) in [6.07, 6.45) is 0. The van der Waals surface area contributed by atoms with Crippen LogP contribution in [0.3, 0.4) is 0 Å². The Kier molecular flexibility index (Phi) is 4.85. The summed E-state index contributed by atoms with van der Waals surface area (Å²) in [6.45, 7) is -0.0260. The number of esters is 1. The maximum atomic E-state index is 11.6. The Bertz CT molecular complexity index is 601. The van der Waals surface area contributed by atoms with Crippen LogP contribution < -0.4 is 10.5 Å². The minimum atomic E-state index is -0.465. The Morgan fingerprint density at radius 3 is 2.70 bits per heavy atom. The second-order valence-corrected chi connectivity index (χ2v) is 4.55. The number of halogens is 1. The van der Waals surface area contributed by atoms with Gasteiger partial charge in [-0.2, -0.15) is 0 Å². The third-order valence-corrected chi connectivity index (χ3v) is 2.79. The highest BCUT2D eigenvalue weighted by Gasteiger charge is 2.06. The highest BCUT2D eigenvalue weighted by atomic mass is 35.5. The smallest absolute Gasteiger partial charge is 0.344 e. The van der Waals surface area contributed by atoms with Gasteiger partial charge in [-0.15, -0.1) is 0 Å². The van der Waals surface area contributed by atoms with Crippen LogP contribution in [0.15, 0.2) is 48.5 Å². The second-order valence-electron chi connectivity index (χ2n) is 4.12. The first-order valence-electron chi connectivity index (χ1n) is 6.02. The molecular weight excluding hydrogens is 278 g/mol. The van der Waals surface area contributed by atoms with Gasteiger partial charge in [0.15, 0.2) is 6.61 Å². The predicted octanol–water partition coefficient (Wildman–Crippen LogP) is 3.04. The SMILES string of the molecule is Nc1ccccc1OCC(=O)OCc1cccc(Cl)c1. The van der Waals surface area contributed by atoms with Crippen molar-refractivity contribution in [3.8, 4) is 5.75 Å². The van der Waals surface area contributed by atoms with E-state index in [-0.39, 0.29) is 13.2 Å². The molecular formula is C15H14ClNO3. The molecule has 0 aliphatic rings. The van der Waals surface area contributed by atoms with Gasteiger partial charge in [0, 0.05) is 5.02 Å². The second kappa shape index (κ2) is 6.82. The number of carbonyl (C=O) groups is 1. The summed E-state index contributed by atoms with van der Waals surface area (Å²) >= 11 is 5.84. The van der Waals surface area contributed by atoms with Crippen molar-refractivity contribution >= 4 is 23.3 Å². The van der Waals surface area contributed by atoms with Gasteiger partial charge in [0.25, 0.3) is 0 Å². The van der Waals surface area contributed by atoms with E-state index < -0.39 is 5.97 Å². The average Bonchev–Trinajstić information content (AvgIpc) is 2.44. The number of rotatable bonds is 5. The zero-order valence-electron chi connectivity index (χ0n) is 10.7. The molecule has 0 fully saturated rings. The van der Waals surface area contributed by atoms with E-state index >= 15 is 0 Å². The Morgan fingerprint density at radius 1 is 1.15 bits per heavy atom. The number of benzene rings is 2. The molecule has 2 N–H and O–H groups in total. The first-order valence-corrected chi connectivity index (χ1v) is 6.40. The van der Waals surface area contributed by atoms with E-state index in [4.69, 9.17) is 26.8 Å². The van der Waals surface area contributed by atoms with Crippen molar-refractivity contribution in [1.82, 2.24) is 0 Å². The van der Waals surface area contributed by atoms with Gasteiger partial charge in [0.2, 0.25) is 0 Å². The van der Waals surface area contributed by atoms with E-state index in [1.165, 1.54) is 0 Å². The molecule has 2 rings (SSSR count). The standard InChI is InChI=1S/C15H14ClNO3/c16-12-5-3-4-11(8-12)9-20-15(18)10-19-14-7-2-1-6-13(14)17/h1-8H,9-10,17H2. The van der Waals surface area contributed by atoms with Crippen LogP contribution in [-0.4, -0.2) is 12.6 Å². The van der Waals surface area contributed by atoms with Gasteiger partial charge in [-0.1, -0.05) is 35.9 Å². The van der Waals surface area contributed by atoms with Crippen molar-refractivity contribution in [3.05, 3.63) is 59.1 Å². The molecule has 0 amide bonds. The van der Waals surface area contributed by atoms with Crippen LogP contribution in [0.4, 0.5) is 5.69 Å². The van der Waals surface area contributed by atoms with Gasteiger partial charge in [-0.05, 0) is 29.8 Å². The number of ether oxygens (including phenoxy) is 2. The number of carbonyl (C=O) groups excluding carboxylic acids is 1. The van der Waals surface area contributed by atoms with Crippen LogP contribution in [0.5, 0.6) is 5.75 Å². The molecule has 0 saturated carbocycles. The Labute approximate surface area is 122 Å². The molecule has 0 aliphatic carbocycles. The molecule has 5 heteroatoms. The maximum absolute atomic E-state index is 11.6. The molecule has 0 spiro atoms. The number of hydrogen-bond acceptors (Lipinski definition) is 4. The lowest BCUT2D eigenvalue weighted by molar-refractivity contribution is -0.147. The van der Waals surface area contributed by atoms with Crippen LogP contribution in [0, 0.1) is 0 Å². The number of para-hydroxylation sites is 2. The van der Waals surface area contributed by atoms with E-state index in [0.29, 0.717) is 16.5 Å². The van der Waals surface area contributed by atoms with Crippen LogP contribution in [0.2, 0.25) is 5.02 Å². The fourth-order valence-electron chi connectivity index (χ4n) is 1.58. The van der Waals surface area contributed by atoms with Crippen molar-refractivity contribution < 1.29 is 14.3 Å². The summed E-state index contributed by atoms with van der Waals surface area (Å²) in [5.41, 5.74) is 7.00. The molecule has 0 heterocycles. The van der Waals surface area contributed by atoms with Gasteiger partial charge >= 0.3 is 5.97 Å². The van der Waals surface area contributed by atoms with Gasteiger partial charge in [0.1, 0.15) is 12.4 Å². The number of hydrogen-bond donors (Lipinski definition) is 1. The van der Waals surface area contributed by atoms with Gasteiger partial charge in [0.05, 0.1) is 5.69 Å². The average molecular weight is 292 g/mol. The molecule has 0 saturated heterocycles. The van der Waals surface area contributed by atoms with Gasteiger partial charge in [-0.25, -0.2) is 4.79 Å². The zero-order chi connectivity index (χ0) is 14.4. The minimum Gasteiger partial charge on any atom is -0.480 e. The molecule has 0 unspecified atom stereocenters. The summed E-state index contributed by atoms with van der Waals surface area (Å²) < 4.78 is 10.4. The van der Waals surface area contributed by atoms with E-state index in [1.54, 1.807) is 42.5 Å². The fraction of sp³-hybridized carbons (Fsp3) is 0.133. The van der Waals surface area contributed by atoms with Crippen molar-refractivity contribution in [2.45, 2.75) is 6.61 Å². The van der Waals surface area contributed by atoms with Crippen molar-refractivity contribution in [1.29, 1.82) is 0 Å². The third-order valence-electron chi connectivity index (χ3n) is 2.55. The quantitative estimate of drug-likeness (QED) is 0.679. The molecule has 0 atom stereocenters. The minimum absolute atomic E-state index is 0.160. The molecule has 2 aromatic rings. The van der Waals surface area contributed by atoms with Crippen LogP contribution in [0.1, 0.15) is 5.56 Å². The zero-order valence-corrected chi connectivity index (χ0v) is 11.5. The maximum Gasteiger partial charge on any atom is 0.344 e. The van der Waals surface area contributed by atoms with E-state index in [2.05, 4.69) is 0 Å². The van der Waals surface area contributed by atoms with Crippen LogP contribution in [-0.2, 0) is 16.1 Å². The van der Waals surface area contributed by atoms with Crippen molar-refractivity contribution in [2.24, 2.45) is 0 Å². The number of anilines is 1. The number of nitrogens with two attached hydrogens (primary N) is 1. The summed E-state index contributed by atoms with van der Waals surface area (Å²) in [5, 5.41) is 0.604. The topological polar surface area (TPSA) is 61.5 Å². The van der Waals surface area contributed by atoms with E-state index in [0.717, 1.165) is 5.56 Å². The summed E-state index contributed by atoms with van der Waals surface area (Å²) in [6, 6.07) is 14.1. The first-order chi connectivity index (χ1) is 9.65. The molecule has 0 radical (unpaired) electrons. The third kappa shape index (κ3) is 4.17. The van der Waals surface area contributed by atoms with Crippen LogP contribution in [0.25, 0.3) is 0 Å². The lowest BCUT2D eigenvalue weighted by atomic mass is 10.2. The normalized spacial score (nSPS) is 10.1. The summed E-state index contributed by atoms with van der Waals surface area (Å²) in [4.78, 5) is 11.6.